The Morgan fingerprint density at radius 1 is 1.18 bits per heavy atom. The Bertz CT molecular complexity index is 1690. The first kappa shape index (κ1) is 31.7. The van der Waals surface area contributed by atoms with Crippen LogP contribution < -0.4 is 0 Å². The summed E-state index contributed by atoms with van der Waals surface area (Å²) < 4.78 is 85.2. The van der Waals surface area contributed by atoms with Gasteiger partial charge in [-0.25, -0.2) is 18.4 Å². The fourth-order valence-electron chi connectivity index (χ4n) is 5.38. The van der Waals surface area contributed by atoms with Crippen molar-refractivity contribution in [1.29, 1.82) is 0 Å². The Kier molecular flexibility index (Phi) is 8.66. The van der Waals surface area contributed by atoms with Crippen LogP contribution in [0.15, 0.2) is 49.3 Å². The number of aryl methyl sites for hydroxylation is 1. The summed E-state index contributed by atoms with van der Waals surface area (Å²) in [5.41, 5.74) is -1.52. The fraction of sp³-hybridized carbons (Fsp3) is 0.345. The van der Waals surface area contributed by atoms with Gasteiger partial charge in [-0.15, -0.1) is 0 Å². The van der Waals surface area contributed by atoms with E-state index >= 15 is 0 Å². The maximum Gasteiger partial charge on any atom is 0.418 e. The number of alkyl halides is 3. The minimum Gasteiger partial charge on any atom is -0.391 e. The average molecular weight is 640 g/mol. The van der Waals surface area contributed by atoms with Crippen LogP contribution in [0.25, 0.3) is 22.9 Å². The molecule has 0 bridgehead atoms. The Morgan fingerprint density at radius 3 is 2.55 bits per heavy atom. The lowest BCUT2D eigenvalue weighted by Crippen LogP contribution is -2.56. The molecular formula is C29H27ClF5N5O4. The summed E-state index contributed by atoms with van der Waals surface area (Å²) in [7, 11) is 1.31. The van der Waals surface area contributed by atoms with Crippen molar-refractivity contribution in [2.75, 3.05) is 7.11 Å². The average Bonchev–Trinajstić information content (AvgIpc) is 3.60. The highest BCUT2D eigenvalue weighted by Gasteiger charge is 2.51. The summed E-state index contributed by atoms with van der Waals surface area (Å²) in [6.07, 6.45) is -7.52. The first-order valence-electron chi connectivity index (χ1n) is 13.3. The lowest BCUT2D eigenvalue weighted by Gasteiger charge is -2.45. The topological polar surface area (TPSA) is 107 Å². The minimum absolute atomic E-state index is 0.00902. The van der Waals surface area contributed by atoms with E-state index in [4.69, 9.17) is 21.1 Å². The van der Waals surface area contributed by atoms with E-state index < -0.39 is 65.6 Å². The molecule has 2 aromatic carbocycles. The van der Waals surface area contributed by atoms with Gasteiger partial charge < -0.3 is 19.7 Å². The zero-order valence-electron chi connectivity index (χ0n) is 23.5. The SMILES string of the molecule is C=Cc1ccc(-c2cnn(C3C(O)[C@H](c4nc(C)nn4-c4cc(Cl)ccc4C(F)(F)F)OC(C(C)O)[C@@H]3OC)c2)c(F)c1F. The van der Waals surface area contributed by atoms with Crippen molar-refractivity contribution in [1.82, 2.24) is 24.5 Å². The van der Waals surface area contributed by atoms with E-state index in [2.05, 4.69) is 21.8 Å². The highest BCUT2D eigenvalue weighted by molar-refractivity contribution is 6.30. The Hall–Kier alpha value is -3.69. The van der Waals surface area contributed by atoms with Gasteiger partial charge in [0, 0.05) is 35.0 Å². The second-order valence-corrected chi connectivity index (χ2v) is 10.7. The quantitative estimate of drug-likeness (QED) is 0.258. The van der Waals surface area contributed by atoms with Crippen LogP contribution in [0.3, 0.4) is 0 Å². The summed E-state index contributed by atoms with van der Waals surface area (Å²) in [5, 5.41) is 30.8. The largest absolute Gasteiger partial charge is 0.418 e. The van der Waals surface area contributed by atoms with Crippen molar-refractivity contribution in [2.45, 2.75) is 56.6 Å². The number of hydrogen-bond donors (Lipinski definition) is 2. The number of aliphatic hydroxyl groups is 2. The molecule has 2 N–H and O–H groups in total. The molecule has 234 valence electrons. The van der Waals surface area contributed by atoms with Crippen molar-refractivity contribution in [2.24, 2.45) is 0 Å². The van der Waals surface area contributed by atoms with Crippen LogP contribution in [0.1, 0.15) is 41.8 Å². The maximum absolute atomic E-state index is 14.9. The van der Waals surface area contributed by atoms with E-state index in [9.17, 15) is 32.2 Å². The molecule has 5 rings (SSSR count). The molecule has 4 unspecified atom stereocenters. The molecule has 0 spiro atoms. The van der Waals surface area contributed by atoms with Crippen LogP contribution in [-0.2, 0) is 15.7 Å². The molecule has 9 nitrogen and oxygen atoms in total. The molecule has 1 saturated heterocycles. The number of aromatic nitrogens is 5. The molecule has 15 heteroatoms. The van der Waals surface area contributed by atoms with Gasteiger partial charge in [0.05, 0.1) is 23.6 Å². The van der Waals surface area contributed by atoms with Gasteiger partial charge in [-0.1, -0.05) is 36.4 Å². The van der Waals surface area contributed by atoms with Crippen molar-refractivity contribution >= 4 is 17.7 Å². The van der Waals surface area contributed by atoms with E-state index in [-0.39, 0.29) is 33.4 Å². The zero-order valence-corrected chi connectivity index (χ0v) is 24.3. The number of ether oxygens (including phenoxy) is 2. The number of halogens is 6. The molecular weight excluding hydrogens is 613 g/mol. The third kappa shape index (κ3) is 5.63. The van der Waals surface area contributed by atoms with E-state index in [1.807, 2.05) is 0 Å². The van der Waals surface area contributed by atoms with Gasteiger partial charge in [0.25, 0.3) is 0 Å². The third-order valence-electron chi connectivity index (χ3n) is 7.41. The number of rotatable bonds is 7. The Morgan fingerprint density at radius 2 is 1.91 bits per heavy atom. The molecule has 0 aliphatic carbocycles. The summed E-state index contributed by atoms with van der Waals surface area (Å²) >= 11 is 6.06. The first-order valence-corrected chi connectivity index (χ1v) is 13.6. The molecule has 2 aromatic heterocycles. The Balaban J connectivity index is 1.62. The summed E-state index contributed by atoms with van der Waals surface area (Å²) in [5.74, 6) is -2.39. The van der Waals surface area contributed by atoms with Crippen LogP contribution in [0.5, 0.6) is 0 Å². The van der Waals surface area contributed by atoms with Gasteiger partial charge in [0.15, 0.2) is 17.5 Å². The first-order chi connectivity index (χ1) is 20.8. The fourth-order valence-corrected chi connectivity index (χ4v) is 5.54. The van der Waals surface area contributed by atoms with E-state index in [0.717, 1.165) is 22.9 Å². The van der Waals surface area contributed by atoms with Crippen molar-refractivity contribution in [3.05, 3.63) is 88.7 Å². The third-order valence-corrected chi connectivity index (χ3v) is 7.64. The number of nitrogens with zero attached hydrogens (tertiary/aromatic N) is 5. The molecule has 0 amide bonds. The number of aliphatic hydroxyl groups excluding tert-OH is 2. The minimum atomic E-state index is -4.79. The summed E-state index contributed by atoms with van der Waals surface area (Å²) in [4.78, 5) is 4.28. The second-order valence-electron chi connectivity index (χ2n) is 10.3. The predicted molar refractivity (Wildman–Crippen MR) is 149 cm³/mol. The van der Waals surface area contributed by atoms with E-state index in [0.29, 0.717) is 0 Å². The highest BCUT2D eigenvalue weighted by atomic mass is 35.5. The molecule has 3 heterocycles. The molecule has 1 fully saturated rings. The van der Waals surface area contributed by atoms with Crippen LogP contribution in [-0.4, -0.2) is 66.3 Å². The summed E-state index contributed by atoms with van der Waals surface area (Å²) in [6, 6.07) is 4.48. The molecule has 6 atom stereocenters. The lowest BCUT2D eigenvalue weighted by molar-refractivity contribution is -0.230. The van der Waals surface area contributed by atoms with Gasteiger partial charge in [-0.3, -0.25) is 4.68 Å². The summed E-state index contributed by atoms with van der Waals surface area (Å²) in [6.45, 7) is 6.31. The standard InChI is InChI=1S/C29H27ClF5N5O4/c1-5-15-6-8-18(22(32)21(15)31)16-11-36-39(12-16)23-24(42)27(44-25(13(2)41)26(23)43-4)28-37-14(3)38-40(28)20-10-17(30)7-9-19(20)29(33,34)35/h5-13,23-27,41-42H,1H2,2-4H3/t13?,23?,24?,25?,26-,27-/m1/s1. The van der Waals surface area contributed by atoms with Crippen molar-refractivity contribution < 1.29 is 41.6 Å². The monoisotopic (exact) mass is 639 g/mol. The Labute approximate surface area is 253 Å². The van der Waals surface area contributed by atoms with Crippen LogP contribution in [0.2, 0.25) is 5.02 Å². The molecule has 1 aliphatic rings. The van der Waals surface area contributed by atoms with Gasteiger partial charge in [-0.2, -0.15) is 23.4 Å². The van der Waals surface area contributed by atoms with Crippen LogP contribution in [0, 0.1) is 18.6 Å². The lowest BCUT2D eigenvalue weighted by atomic mass is 9.89. The van der Waals surface area contributed by atoms with Gasteiger partial charge in [0.2, 0.25) is 0 Å². The molecule has 1 aliphatic heterocycles. The molecule has 0 radical (unpaired) electrons. The maximum atomic E-state index is 14.9. The number of methoxy groups -OCH3 is 1. The highest BCUT2D eigenvalue weighted by Crippen LogP contribution is 2.42. The van der Waals surface area contributed by atoms with Crippen LogP contribution in [0.4, 0.5) is 22.0 Å². The molecule has 44 heavy (non-hydrogen) atoms. The van der Waals surface area contributed by atoms with Crippen LogP contribution >= 0.6 is 11.6 Å². The van der Waals surface area contributed by atoms with Gasteiger partial charge >= 0.3 is 6.18 Å². The smallest absolute Gasteiger partial charge is 0.391 e. The van der Waals surface area contributed by atoms with Gasteiger partial charge in [0.1, 0.15) is 36.3 Å². The van der Waals surface area contributed by atoms with E-state index in [1.54, 1.807) is 0 Å². The van der Waals surface area contributed by atoms with Gasteiger partial charge in [-0.05, 0) is 32.0 Å². The van der Waals surface area contributed by atoms with Crippen molar-refractivity contribution in [3.63, 3.8) is 0 Å². The second kappa shape index (κ2) is 12.0. The number of hydrogen-bond acceptors (Lipinski definition) is 7. The normalized spacial score (nSPS) is 23.1. The number of benzene rings is 2. The molecule has 0 saturated carbocycles. The predicted octanol–water partition coefficient (Wildman–Crippen LogP) is 5.47. The van der Waals surface area contributed by atoms with Crippen molar-refractivity contribution in [3.8, 4) is 16.8 Å². The molecule has 4 aromatic rings. The van der Waals surface area contributed by atoms with E-state index in [1.165, 1.54) is 56.2 Å². The zero-order chi connectivity index (χ0) is 32.1.